The summed E-state index contributed by atoms with van der Waals surface area (Å²) in [5, 5.41) is 3.58. The lowest BCUT2D eigenvalue weighted by Crippen LogP contribution is -2.42. The second kappa shape index (κ2) is 6.25. The molecule has 1 saturated heterocycles. The van der Waals surface area contributed by atoms with Gasteiger partial charge in [0.15, 0.2) is 0 Å². The molecule has 1 spiro atoms. The van der Waals surface area contributed by atoms with Gasteiger partial charge in [0.2, 0.25) is 5.91 Å². The molecule has 1 aliphatic heterocycles. The van der Waals surface area contributed by atoms with E-state index >= 15 is 0 Å². The topological polar surface area (TPSA) is 32.3 Å². The highest BCUT2D eigenvalue weighted by atomic mass is 16.2. The number of hydrogen-bond donors (Lipinski definition) is 1. The van der Waals surface area contributed by atoms with E-state index in [9.17, 15) is 4.79 Å². The summed E-state index contributed by atoms with van der Waals surface area (Å²) in [5.41, 5.74) is -0.142. The Morgan fingerprint density at radius 2 is 1.84 bits per heavy atom. The van der Waals surface area contributed by atoms with Crippen LogP contribution in [0, 0.1) is 5.92 Å². The van der Waals surface area contributed by atoms with Gasteiger partial charge in [-0.15, -0.1) is 0 Å². The van der Waals surface area contributed by atoms with Crippen LogP contribution in [0.1, 0.15) is 72.1 Å². The Morgan fingerprint density at radius 1 is 1.21 bits per heavy atom. The normalized spacial score (nSPS) is 24.7. The summed E-state index contributed by atoms with van der Waals surface area (Å²) in [7, 11) is 0. The number of carbonyl (C=O) groups is 1. The quantitative estimate of drug-likeness (QED) is 0.684. The van der Waals surface area contributed by atoms with Crippen molar-refractivity contribution in [2.75, 3.05) is 6.54 Å². The molecule has 1 unspecified atom stereocenters. The van der Waals surface area contributed by atoms with Gasteiger partial charge < -0.3 is 4.90 Å². The highest BCUT2D eigenvalue weighted by Gasteiger charge is 2.59. The third kappa shape index (κ3) is 3.31. The molecule has 2 aliphatic rings. The van der Waals surface area contributed by atoms with Gasteiger partial charge in [0.05, 0.1) is 11.7 Å². The average Bonchev–Trinajstić information content (AvgIpc) is 3.10. The van der Waals surface area contributed by atoms with Crippen LogP contribution in [0.3, 0.4) is 0 Å². The number of hydrogen-bond acceptors (Lipinski definition) is 2. The van der Waals surface area contributed by atoms with Gasteiger partial charge in [-0.3, -0.25) is 10.1 Å². The highest BCUT2D eigenvalue weighted by Crippen LogP contribution is 2.43. The van der Waals surface area contributed by atoms with Crippen molar-refractivity contribution in [1.29, 1.82) is 0 Å². The lowest BCUT2D eigenvalue weighted by molar-refractivity contribution is -0.131. The van der Waals surface area contributed by atoms with Crippen molar-refractivity contribution in [3.8, 4) is 0 Å². The molecule has 2 rings (SSSR count). The molecule has 1 saturated carbocycles. The largest absolute Gasteiger partial charge is 0.325 e. The van der Waals surface area contributed by atoms with Gasteiger partial charge in [-0.25, -0.2) is 0 Å². The number of nitrogens with zero attached hydrogens (tertiary/aromatic N) is 1. The van der Waals surface area contributed by atoms with Crippen LogP contribution in [-0.4, -0.2) is 29.1 Å². The Labute approximate surface area is 118 Å². The molecular formula is C16H30N2O. The summed E-state index contributed by atoms with van der Waals surface area (Å²) >= 11 is 0. The van der Waals surface area contributed by atoms with Crippen LogP contribution < -0.4 is 5.32 Å². The predicted molar refractivity (Wildman–Crippen MR) is 78.8 cm³/mol. The van der Waals surface area contributed by atoms with Crippen LogP contribution in [-0.2, 0) is 4.79 Å². The second-order valence-electron chi connectivity index (χ2n) is 6.68. The summed E-state index contributed by atoms with van der Waals surface area (Å²) in [6, 6.07) is 0. The minimum atomic E-state index is -0.142. The van der Waals surface area contributed by atoms with Crippen molar-refractivity contribution in [1.82, 2.24) is 10.2 Å². The zero-order valence-electron chi connectivity index (χ0n) is 12.9. The summed E-state index contributed by atoms with van der Waals surface area (Å²) in [6.07, 6.45) is 10.1. The molecule has 3 heteroatoms. The van der Waals surface area contributed by atoms with E-state index in [4.69, 9.17) is 0 Å². The molecular weight excluding hydrogens is 236 g/mol. The van der Waals surface area contributed by atoms with E-state index in [-0.39, 0.29) is 11.7 Å². The Balaban J connectivity index is 1.75. The van der Waals surface area contributed by atoms with Gasteiger partial charge in [-0.1, -0.05) is 52.9 Å². The van der Waals surface area contributed by atoms with Crippen molar-refractivity contribution in [3.63, 3.8) is 0 Å². The Hall–Kier alpha value is -0.570. The van der Waals surface area contributed by atoms with Crippen molar-refractivity contribution < 1.29 is 4.79 Å². The van der Waals surface area contributed by atoms with E-state index in [1.54, 1.807) is 0 Å². The molecule has 0 bridgehead atoms. The first kappa shape index (κ1) is 14.8. The molecule has 0 aromatic carbocycles. The molecule has 2 fully saturated rings. The van der Waals surface area contributed by atoms with E-state index in [0.717, 1.165) is 25.8 Å². The van der Waals surface area contributed by atoms with Gasteiger partial charge >= 0.3 is 0 Å². The maximum atomic E-state index is 12.4. The van der Waals surface area contributed by atoms with E-state index < -0.39 is 0 Å². The van der Waals surface area contributed by atoms with E-state index in [0.29, 0.717) is 11.8 Å². The third-order valence-corrected chi connectivity index (χ3v) is 4.56. The zero-order valence-corrected chi connectivity index (χ0v) is 12.9. The van der Waals surface area contributed by atoms with Crippen molar-refractivity contribution in [2.24, 2.45) is 5.92 Å². The number of nitrogens with one attached hydrogen (secondary N) is 1. The first-order valence-corrected chi connectivity index (χ1v) is 8.19. The molecule has 0 radical (unpaired) electrons. The van der Waals surface area contributed by atoms with Gasteiger partial charge in [0.25, 0.3) is 0 Å². The molecule has 110 valence electrons. The summed E-state index contributed by atoms with van der Waals surface area (Å²) in [6.45, 7) is 7.61. The van der Waals surface area contributed by atoms with Crippen LogP contribution >= 0.6 is 0 Å². The zero-order chi connectivity index (χ0) is 13.9. The minimum absolute atomic E-state index is 0.142. The fourth-order valence-electron chi connectivity index (χ4n) is 3.14. The maximum absolute atomic E-state index is 12.4. The molecule has 1 N–H and O–H groups in total. The average molecular weight is 266 g/mol. The first-order chi connectivity index (χ1) is 9.10. The van der Waals surface area contributed by atoms with Crippen molar-refractivity contribution >= 4 is 5.91 Å². The molecule has 0 aromatic rings. The molecule has 1 heterocycles. The SMILES string of the molecule is CCCCCCCCN1C(=O)C2(CC2)NC1C(C)C. The number of carbonyl (C=O) groups excluding carboxylic acids is 1. The van der Waals surface area contributed by atoms with Crippen molar-refractivity contribution in [2.45, 2.75) is 83.8 Å². The summed E-state index contributed by atoms with van der Waals surface area (Å²) in [4.78, 5) is 14.6. The smallest absolute Gasteiger partial charge is 0.244 e. The standard InChI is InChI=1S/C16H30N2O/c1-4-5-6-7-8-9-12-18-14(13(2)3)17-16(10-11-16)15(18)19/h13-14,17H,4-12H2,1-3H3. The fraction of sp³-hybridized carbons (Fsp3) is 0.938. The molecule has 1 aliphatic carbocycles. The van der Waals surface area contributed by atoms with Gasteiger partial charge in [0.1, 0.15) is 0 Å². The highest BCUT2D eigenvalue weighted by molar-refractivity contribution is 5.91. The lowest BCUT2D eigenvalue weighted by Gasteiger charge is -2.27. The van der Waals surface area contributed by atoms with Gasteiger partial charge in [-0.2, -0.15) is 0 Å². The Kier molecular flexibility index (Phi) is 4.88. The van der Waals surface area contributed by atoms with Crippen LogP contribution in [0.25, 0.3) is 0 Å². The molecule has 19 heavy (non-hydrogen) atoms. The van der Waals surface area contributed by atoms with Crippen molar-refractivity contribution in [3.05, 3.63) is 0 Å². The second-order valence-corrected chi connectivity index (χ2v) is 6.68. The monoisotopic (exact) mass is 266 g/mol. The maximum Gasteiger partial charge on any atom is 0.244 e. The third-order valence-electron chi connectivity index (χ3n) is 4.56. The Morgan fingerprint density at radius 3 is 2.42 bits per heavy atom. The summed E-state index contributed by atoms with van der Waals surface area (Å²) in [5.74, 6) is 0.878. The first-order valence-electron chi connectivity index (χ1n) is 8.19. The lowest BCUT2D eigenvalue weighted by atomic mass is 10.1. The number of rotatable bonds is 8. The Bertz CT molecular complexity index is 310. The molecule has 1 amide bonds. The van der Waals surface area contributed by atoms with E-state index in [1.165, 1.54) is 32.1 Å². The minimum Gasteiger partial charge on any atom is -0.325 e. The van der Waals surface area contributed by atoms with E-state index in [1.807, 2.05) is 0 Å². The fourth-order valence-corrected chi connectivity index (χ4v) is 3.14. The number of amides is 1. The van der Waals surface area contributed by atoms with Crippen LogP contribution in [0.2, 0.25) is 0 Å². The van der Waals surface area contributed by atoms with Crippen LogP contribution in [0.5, 0.6) is 0 Å². The number of unbranched alkanes of at least 4 members (excludes halogenated alkanes) is 5. The van der Waals surface area contributed by atoms with Gasteiger partial charge in [0, 0.05) is 6.54 Å². The molecule has 1 atom stereocenters. The molecule has 3 nitrogen and oxygen atoms in total. The summed E-state index contributed by atoms with van der Waals surface area (Å²) < 4.78 is 0. The van der Waals surface area contributed by atoms with Crippen LogP contribution in [0.15, 0.2) is 0 Å². The van der Waals surface area contributed by atoms with Crippen LogP contribution in [0.4, 0.5) is 0 Å². The van der Waals surface area contributed by atoms with E-state index in [2.05, 4.69) is 31.0 Å². The predicted octanol–water partition coefficient (Wildman–Crippen LogP) is 3.29. The molecule has 0 aromatic heterocycles. The van der Waals surface area contributed by atoms with Gasteiger partial charge in [-0.05, 0) is 25.2 Å².